The summed E-state index contributed by atoms with van der Waals surface area (Å²) in [6, 6.07) is 17.2. The lowest BCUT2D eigenvalue weighted by Crippen LogP contribution is -2.25. The van der Waals surface area contributed by atoms with Gasteiger partial charge in [-0.15, -0.1) is 12.3 Å². The smallest absolute Gasteiger partial charge is 0.316 e. The van der Waals surface area contributed by atoms with E-state index in [1.807, 2.05) is 146 Å². The highest BCUT2D eigenvalue weighted by Gasteiger charge is 2.25. The molecule has 0 unspecified atom stereocenters. The predicted molar refractivity (Wildman–Crippen MR) is 245 cm³/mol. The summed E-state index contributed by atoms with van der Waals surface area (Å²) in [7, 11) is 0. The topological polar surface area (TPSA) is 78.9 Å². The van der Waals surface area contributed by atoms with Crippen molar-refractivity contribution in [2.45, 2.75) is 102 Å². The normalized spacial score (nSPS) is 11.9. The Bertz CT molecular complexity index is 1810. The molecule has 0 amide bonds. The summed E-state index contributed by atoms with van der Waals surface area (Å²) in [5, 5.41) is 1.53. The molecule has 0 aliphatic rings. The number of hydrogen-bond donors (Lipinski definition) is 0. The highest BCUT2D eigenvalue weighted by molar-refractivity contribution is 14.1. The largest absolute Gasteiger partial charge is 0.426 e. The number of benzene rings is 3. The number of hydrogen-bond acceptors (Lipinski definition) is 6. The number of aryl methyl sites for hydroxylation is 3. The Morgan fingerprint density at radius 2 is 0.836 bits per heavy atom. The average molecular weight is 1020 g/mol. The van der Waals surface area contributed by atoms with E-state index in [4.69, 9.17) is 43.8 Å². The first-order chi connectivity index (χ1) is 25.3. The van der Waals surface area contributed by atoms with Gasteiger partial charge in [-0.1, -0.05) is 86.6 Å². The summed E-state index contributed by atoms with van der Waals surface area (Å²) < 4.78 is 19.8. The van der Waals surface area contributed by atoms with E-state index in [9.17, 15) is 14.4 Å². The minimum absolute atomic E-state index is 0.236. The molecule has 0 N–H and O–H groups in total. The van der Waals surface area contributed by atoms with Crippen LogP contribution < -0.4 is 14.2 Å². The molecule has 10 heteroatoms. The molecular weight excluding hydrogens is 961 g/mol. The second-order valence-electron chi connectivity index (χ2n) is 16.2. The average Bonchev–Trinajstić information content (AvgIpc) is 3.03. The molecule has 3 aromatic rings. The summed E-state index contributed by atoms with van der Waals surface area (Å²) in [6.07, 6.45) is 7.11. The molecule has 0 bridgehead atoms. The summed E-state index contributed by atoms with van der Waals surface area (Å²) in [4.78, 5) is 35.5. The summed E-state index contributed by atoms with van der Waals surface area (Å²) in [5.74, 6) is 3.59. The van der Waals surface area contributed by atoms with Crippen molar-refractivity contribution in [1.29, 1.82) is 0 Å². The van der Waals surface area contributed by atoms with Gasteiger partial charge in [-0.25, -0.2) is 0 Å². The van der Waals surface area contributed by atoms with Crippen LogP contribution in [-0.4, -0.2) is 17.9 Å². The van der Waals surface area contributed by atoms with Crippen LogP contribution in [0.4, 0.5) is 0 Å². The molecule has 0 aromatic heterocycles. The SMILES string of the molecule is C#CCc1cc(C)cc(OC(=O)C(C)(C)C)c1.Cc1cc(C/C(Cl)=C/I)cc(OC(=O)C(C)(C)C)c1.Cc1cc(C/C(Cl)=C\I)cc(OC(=O)C(C)(C)C)c1. The molecule has 0 aliphatic carbocycles. The van der Waals surface area contributed by atoms with Gasteiger partial charge in [0.1, 0.15) is 17.2 Å². The van der Waals surface area contributed by atoms with E-state index in [-0.39, 0.29) is 17.9 Å². The molecule has 0 atom stereocenters. The zero-order valence-corrected chi connectivity index (χ0v) is 39.8. The van der Waals surface area contributed by atoms with Crippen LogP contribution in [0.1, 0.15) is 95.7 Å². The van der Waals surface area contributed by atoms with Gasteiger partial charge in [-0.2, -0.15) is 0 Å². The molecule has 0 aliphatic heterocycles. The first-order valence-electron chi connectivity index (χ1n) is 17.6. The van der Waals surface area contributed by atoms with Crippen LogP contribution >= 0.6 is 68.4 Å². The van der Waals surface area contributed by atoms with Crippen LogP contribution in [-0.2, 0) is 33.6 Å². The molecule has 0 radical (unpaired) electrons. The zero-order valence-electron chi connectivity index (χ0n) is 34.0. The van der Waals surface area contributed by atoms with Crippen LogP contribution in [0.25, 0.3) is 0 Å². The quantitative estimate of drug-likeness (QED) is 0.0968. The minimum atomic E-state index is -0.510. The summed E-state index contributed by atoms with van der Waals surface area (Å²) in [5.41, 5.74) is 4.67. The lowest BCUT2D eigenvalue weighted by atomic mass is 9.97. The maximum Gasteiger partial charge on any atom is 0.316 e. The third-order valence-corrected chi connectivity index (χ3v) is 9.82. The molecule has 0 saturated heterocycles. The number of rotatable bonds is 8. The number of carbonyl (C=O) groups is 3. The fraction of sp³-hybridized carbons (Fsp3) is 0.400. The van der Waals surface area contributed by atoms with Gasteiger partial charge in [0.15, 0.2) is 0 Å². The Balaban J connectivity index is 0.000000413. The van der Waals surface area contributed by atoms with Crippen molar-refractivity contribution in [3.63, 3.8) is 0 Å². The Morgan fingerprint density at radius 1 is 0.564 bits per heavy atom. The molecule has 0 spiro atoms. The molecule has 3 rings (SSSR count). The third kappa shape index (κ3) is 20.2. The predicted octanol–water partition coefficient (Wildman–Crippen LogP) is 13.1. The third-order valence-electron chi connectivity index (χ3n) is 7.09. The van der Waals surface area contributed by atoms with E-state index in [1.54, 1.807) is 0 Å². The Kier molecular flexibility index (Phi) is 20.8. The first-order valence-corrected chi connectivity index (χ1v) is 20.8. The van der Waals surface area contributed by atoms with E-state index >= 15 is 0 Å². The zero-order chi connectivity index (χ0) is 42.3. The van der Waals surface area contributed by atoms with E-state index in [0.29, 0.717) is 36.5 Å². The minimum Gasteiger partial charge on any atom is -0.426 e. The van der Waals surface area contributed by atoms with Gasteiger partial charge in [0.05, 0.1) is 16.2 Å². The van der Waals surface area contributed by atoms with Crippen molar-refractivity contribution in [2.75, 3.05) is 0 Å². The van der Waals surface area contributed by atoms with E-state index in [1.165, 1.54) is 0 Å². The van der Waals surface area contributed by atoms with Crippen LogP contribution in [0.2, 0.25) is 0 Å². The lowest BCUT2D eigenvalue weighted by Gasteiger charge is -2.17. The lowest BCUT2D eigenvalue weighted by molar-refractivity contribution is -0.143. The van der Waals surface area contributed by atoms with Crippen molar-refractivity contribution >= 4 is 86.3 Å². The van der Waals surface area contributed by atoms with Crippen LogP contribution in [0.3, 0.4) is 0 Å². The van der Waals surface area contributed by atoms with E-state index in [2.05, 4.69) is 51.1 Å². The second kappa shape index (κ2) is 22.8. The van der Waals surface area contributed by atoms with Gasteiger partial charge in [-0.05, 0) is 161 Å². The Labute approximate surface area is 366 Å². The molecule has 3 aromatic carbocycles. The Hall–Kier alpha value is -2.85. The van der Waals surface area contributed by atoms with E-state index < -0.39 is 16.2 Å². The molecule has 0 fully saturated rings. The number of esters is 3. The number of terminal acetylenes is 1. The number of halogens is 4. The highest BCUT2D eigenvalue weighted by Crippen LogP contribution is 2.26. The molecular formula is C45H54Cl2I2O6. The first kappa shape index (κ1) is 50.2. The second-order valence-corrected chi connectivity index (χ2v) is 18.4. The van der Waals surface area contributed by atoms with Gasteiger partial charge in [-0.3, -0.25) is 14.4 Å². The molecule has 6 nitrogen and oxygen atoms in total. The van der Waals surface area contributed by atoms with Crippen molar-refractivity contribution in [1.82, 2.24) is 0 Å². The fourth-order valence-corrected chi connectivity index (χ4v) is 5.07. The van der Waals surface area contributed by atoms with Gasteiger partial charge < -0.3 is 14.2 Å². The fourth-order valence-electron chi connectivity index (χ4n) is 4.32. The van der Waals surface area contributed by atoms with Crippen LogP contribution in [0.15, 0.2) is 72.8 Å². The summed E-state index contributed by atoms with van der Waals surface area (Å²) in [6.45, 7) is 22.4. The standard InChI is InChI=1S/2C15H18ClIO2.C15H18O2/c2*1-10-5-11(7-12(16)9-17)8-13(6-10)19-14(18)15(2,3)4;1-6-7-12-8-11(2)9-13(10-12)17-14(16)15(3,4)5/h2*5-6,8-9H,7H2,1-4H3;1,8-10H,7H2,2-5H3/b12-9+;12-9-;. The monoisotopic (exact) mass is 1010 g/mol. The highest BCUT2D eigenvalue weighted by atomic mass is 127. The van der Waals surface area contributed by atoms with Crippen LogP contribution in [0, 0.1) is 49.4 Å². The van der Waals surface area contributed by atoms with Gasteiger partial charge in [0.2, 0.25) is 0 Å². The maximum atomic E-state index is 11.9. The van der Waals surface area contributed by atoms with Crippen molar-refractivity contribution in [3.05, 3.63) is 106 Å². The maximum absolute atomic E-state index is 11.9. The van der Waals surface area contributed by atoms with Crippen molar-refractivity contribution in [2.24, 2.45) is 16.2 Å². The van der Waals surface area contributed by atoms with E-state index in [0.717, 1.165) is 43.4 Å². The number of carbonyl (C=O) groups excluding carboxylic acids is 3. The van der Waals surface area contributed by atoms with Gasteiger partial charge in [0, 0.05) is 29.3 Å². The molecule has 55 heavy (non-hydrogen) atoms. The summed E-state index contributed by atoms with van der Waals surface area (Å²) >= 11 is 16.3. The molecule has 0 heterocycles. The van der Waals surface area contributed by atoms with Crippen molar-refractivity contribution in [3.8, 4) is 29.6 Å². The van der Waals surface area contributed by atoms with Crippen molar-refractivity contribution < 1.29 is 28.6 Å². The molecule has 298 valence electrons. The Morgan fingerprint density at radius 3 is 1.09 bits per heavy atom. The molecule has 0 saturated carbocycles. The van der Waals surface area contributed by atoms with Crippen LogP contribution in [0.5, 0.6) is 17.2 Å². The van der Waals surface area contributed by atoms with Gasteiger partial charge in [0.25, 0.3) is 0 Å². The number of allylic oxidation sites excluding steroid dienone is 2. The number of ether oxygens (including phenoxy) is 3. The van der Waals surface area contributed by atoms with Gasteiger partial charge >= 0.3 is 17.9 Å².